The average Bonchev–Trinajstić information content (AvgIpc) is 2.54. The molecule has 0 heterocycles. The largest absolute Gasteiger partial charge is 0.507 e. The molecule has 0 saturated carbocycles. The van der Waals surface area contributed by atoms with Gasteiger partial charge in [0, 0.05) is 0 Å². The van der Waals surface area contributed by atoms with Crippen LogP contribution in [-0.2, 0) is 4.74 Å². The van der Waals surface area contributed by atoms with Crippen molar-refractivity contribution in [2.24, 2.45) is 0 Å². The highest BCUT2D eigenvalue weighted by atomic mass is 32.1. The smallest absolute Gasteiger partial charge is 0.195 e. The fraction of sp³-hybridized carbons (Fsp3) is 0.409. The summed E-state index contributed by atoms with van der Waals surface area (Å²) in [6, 6.07) is 6.97. The Morgan fingerprint density at radius 2 is 1.56 bits per heavy atom. The third-order valence-electron chi connectivity index (χ3n) is 3.89. The predicted molar refractivity (Wildman–Crippen MR) is 111 cm³/mol. The number of para-hydroxylation sites is 1. The van der Waals surface area contributed by atoms with Crippen LogP contribution in [0.15, 0.2) is 59.2 Å². The number of ether oxygens (including phenoxy) is 1. The Kier molecular flexibility index (Phi) is 9.86. The highest BCUT2D eigenvalue weighted by Gasteiger charge is 2.06. The molecule has 0 aliphatic carbocycles. The summed E-state index contributed by atoms with van der Waals surface area (Å²) in [5, 5.41) is 10.1. The number of hydrogen-bond acceptors (Lipinski definition) is 3. The summed E-state index contributed by atoms with van der Waals surface area (Å²) in [6.45, 7) is 9.02. The van der Waals surface area contributed by atoms with Gasteiger partial charge in [-0.3, -0.25) is 0 Å². The van der Waals surface area contributed by atoms with Crippen molar-refractivity contribution in [2.75, 3.05) is 6.61 Å². The molecule has 1 N–H and O–H groups in total. The predicted octanol–water partition coefficient (Wildman–Crippen LogP) is 6.50. The first-order chi connectivity index (χ1) is 11.9. The van der Waals surface area contributed by atoms with Gasteiger partial charge in [-0.2, -0.15) is 0 Å². The maximum absolute atomic E-state index is 9.76. The zero-order valence-electron chi connectivity index (χ0n) is 15.8. The number of rotatable bonds is 9. The standard InChI is InChI=1S/C22H30O2S/c1-17(2)9-7-10-18(3)11-8-12-19(4)15-16-24-22(25)20-13-5-6-14-21(20)23/h5-6,9,11,13-15,23H,7-8,10,12,16H2,1-4H3. The first-order valence-electron chi connectivity index (χ1n) is 8.80. The van der Waals surface area contributed by atoms with Crippen molar-refractivity contribution in [1.29, 1.82) is 0 Å². The van der Waals surface area contributed by atoms with E-state index in [1.54, 1.807) is 18.2 Å². The van der Waals surface area contributed by atoms with Crippen molar-refractivity contribution in [1.82, 2.24) is 0 Å². The number of thiocarbonyl (C=S) groups is 1. The Balaban J connectivity index is 2.33. The van der Waals surface area contributed by atoms with Gasteiger partial charge in [0.15, 0.2) is 5.05 Å². The Morgan fingerprint density at radius 1 is 0.960 bits per heavy atom. The third-order valence-corrected chi connectivity index (χ3v) is 4.23. The molecule has 1 aromatic rings. The molecule has 3 heteroatoms. The van der Waals surface area contributed by atoms with Crippen LogP contribution in [0.4, 0.5) is 0 Å². The first kappa shape index (κ1) is 21.2. The van der Waals surface area contributed by atoms with Gasteiger partial charge in [0.05, 0.1) is 5.56 Å². The van der Waals surface area contributed by atoms with Crippen LogP contribution in [0.25, 0.3) is 0 Å². The molecule has 0 aromatic heterocycles. The fourth-order valence-corrected chi connectivity index (χ4v) is 2.56. The van der Waals surface area contributed by atoms with E-state index >= 15 is 0 Å². The van der Waals surface area contributed by atoms with Crippen LogP contribution in [0.5, 0.6) is 5.75 Å². The van der Waals surface area contributed by atoms with Gasteiger partial charge in [0.1, 0.15) is 12.4 Å². The first-order valence-corrected chi connectivity index (χ1v) is 9.20. The molecule has 0 atom stereocenters. The molecule has 0 spiro atoms. The minimum absolute atomic E-state index is 0.155. The summed E-state index contributed by atoms with van der Waals surface area (Å²) in [4.78, 5) is 0. The lowest BCUT2D eigenvalue weighted by atomic mass is 10.1. The molecule has 0 radical (unpaired) electrons. The number of allylic oxidation sites excluding steroid dienone is 5. The van der Waals surface area contributed by atoms with E-state index in [1.165, 1.54) is 16.7 Å². The van der Waals surface area contributed by atoms with E-state index in [4.69, 9.17) is 17.0 Å². The van der Waals surface area contributed by atoms with Gasteiger partial charge in [0.2, 0.25) is 0 Å². The van der Waals surface area contributed by atoms with Crippen molar-refractivity contribution in [3.63, 3.8) is 0 Å². The normalized spacial score (nSPS) is 12.0. The number of hydrogen-bond donors (Lipinski definition) is 1. The maximum atomic E-state index is 9.76. The lowest BCUT2D eigenvalue weighted by Crippen LogP contribution is -2.04. The molecule has 25 heavy (non-hydrogen) atoms. The number of phenols is 1. The Labute approximate surface area is 157 Å². The summed E-state index contributed by atoms with van der Waals surface area (Å²) in [5.74, 6) is 0.155. The van der Waals surface area contributed by atoms with Gasteiger partial charge in [-0.15, -0.1) is 0 Å². The Morgan fingerprint density at radius 3 is 2.20 bits per heavy atom. The summed E-state index contributed by atoms with van der Waals surface area (Å²) in [7, 11) is 0. The molecule has 2 nitrogen and oxygen atoms in total. The molecule has 1 aromatic carbocycles. The highest BCUT2D eigenvalue weighted by molar-refractivity contribution is 7.80. The number of phenolic OH excluding ortho intramolecular Hbond substituents is 1. The van der Waals surface area contributed by atoms with Crippen LogP contribution in [0.1, 0.15) is 58.9 Å². The second-order valence-corrected chi connectivity index (χ2v) is 6.95. The molecular formula is C22H30O2S. The molecule has 1 rings (SSSR count). The van der Waals surface area contributed by atoms with Crippen LogP contribution in [0.2, 0.25) is 0 Å². The van der Waals surface area contributed by atoms with E-state index in [0.717, 1.165) is 25.7 Å². The topological polar surface area (TPSA) is 29.5 Å². The number of aromatic hydroxyl groups is 1. The fourth-order valence-electron chi connectivity index (χ4n) is 2.32. The molecule has 136 valence electrons. The van der Waals surface area contributed by atoms with Crippen molar-refractivity contribution in [3.05, 3.63) is 64.8 Å². The SMILES string of the molecule is CC(C)=CCCC(C)=CCCC(C)=CCOC(=S)c1ccccc1O. The summed E-state index contributed by atoms with van der Waals surface area (Å²) in [6.07, 6.45) is 11.0. The minimum Gasteiger partial charge on any atom is -0.507 e. The molecule has 0 aliphatic rings. The molecule has 0 unspecified atom stereocenters. The summed E-state index contributed by atoms with van der Waals surface area (Å²) < 4.78 is 5.56. The highest BCUT2D eigenvalue weighted by Crippen LogP contribution is 2.17. The van der Waals surface area contributed by atoms with Crippen LogP contribution in [-0.4, -0.2) is 16.8 Å². The van der Waals surface area contributed by atoms with Crippen molar-refractivity contribution >= 4 is 17.3 Å². The Bertz CT molecular complexity index is 650. The van der Waals surface area contributed by atoms with Gasteiger partial charge in [0.25, 0.3) is 0 Å². The van der Waals surface area contributed by atoms with E-state index in [0.29, 0.717) is 17.2 Å². The van der Waals surface area contributed by atoms with Crippen molar-refractivity contribution < 1.29 is 9.84 Å². The second-order valence-electron chi connectivity index (χ2n) is 6.58. The maximum Gasteiger partial charge on any atom is 0.195 e. The van der Waals surface area contributed by atoms with Gasteiger partial charge < -0.3 is 9.84 Å². The van der Waals surface area contributed by atoms with E-state index in [1.807, 2.05) is 6.07 Å². The summed E-state index contributed by atoms with van der Waals surface area (Å²) in [5.41, 5.74) is 4.68. The van der Waals surface area contributed by atoms with Gasteiger partial charge in [-0.05, 0) is 83.8 Å². The lowest BCUT2D eigenvalue weighted by Gasteiger charge is -2.07. The van der Waals surface area contributed by atoms with E-state index in [9.17, 15) is 5.11 Å². The van der Waals surface area contributed by atoms with Crippen LogP contribution in [0, 0.1) is 0 Å². The second kappa shape index (κ2) is 11.6. The minimum atomic E-state index is 0.155. The van der Waals surface area contributed by atoms with E-state index < -0.39 is 0 Å². The number of benzene rings is 1. The van der Waals surface area contributed by atoms with Crippen LogP contribution in [0.3, 0.4) is 0 Å². The molecular weight excluding hydrogens is 328 g/mol. The zero-order chi connectivity index (χ0) is 18.7. The zero-order valence-corrected chi connectivity index (χ0v) is 16.7. The van der Waals surface area contributed by atoms with Gasteiger partial charge >= 0.3 is 0 Å². The molecule has 0 fully saturated rings. The monoisotopic (exact) mass is 358 g/mol. The quantitative estimate of drug-likeness (QED) is 0.403. The molecule has 0 amide bonds. The average molecular weight is 359 g/mol. The van der Waals surface area contributed by atoms with E-state index in [-0.39, 0.29) is 5.75 Å². The van der Waals surface area contributed by atoms with Crippen LogP contribution < -0.4 is 0 Å². The third kappa shape index (κ3) is 9.25. The Hall–Kier alpha value is -1.87. The lowest BCUT2D eigenvalue weighted by molar-refractivity contribution is 0.357. The van der Waals surface area contributed by atoms with Gasteiger partial charge in [-0.25, -0.2) is 0 Å². The van der Waals surface area contributed by atoms with Crippen molar-refractivity contribution in [2.45, 2.75) is 53.4 Å². The van der Waals surface area contributed by atoms with E-state index in [2.05, 4.69) is 45.9 Å². The molecule has 0 aliphatic heterocycles. The molecule has 0 bridgehead atoms. The van der Waals surface area contributed by atoms with Gasteiger partial charge in [-0.1, -0.05) is 41.0 Å². The molecule has 0 saturated heterocycles. The summed E-state index contributed by atoms with van der Waals surface area (Å²) >= 11 is 5.21. The van der Waals surface area contributed by atoms with Crippen molar-refractivity contribution in [3.8, 4) is 5.75 Å². The van der Waals surface area contributed by atoms with Crippen LogP contribution >= 0.6 is 12.2 Å².